The number of rotatable bonds is 4. The van der Waals surface area contributed by atoms with E-state index in [-0.39, 0.29) is 0 Å². The smallest absolute Gasteiger partial charge is 0.377 e. The van der Waals surface area contributed by atoms with Gasteiger partial charge in [-0.25, -0.2) is 4.79 Å². The first-order valence-corrected chi connectivity index (χ1v) is 6.06. The molecule has 1 aliphatic rings. The Morgan fingerprint density at radius 3 is 2.11 bits per heavy atom. The lowest BCUT2D eigenvalue weighted by molar-refractivity contribution is -0.370. The van der Waals surface area contributed by atoms with E-state index < -0.39 is 24.4 Å². The van der Waals surface area contributed by atoms with Crippen LogP contribution in [-0.4, -0.2) is 24.4 Å². The van der Waals surface area contributed by atoms with E-state index in [9.17, 15) is 26.7 Å². The standard InChI is InChI=1S/C9H12F5NO2.C2H6/c1-5(4-6-2-3-6)15-7(16)17-9(13,14)8(10,11)12;1-2/h5-6H,2-4H2,1H3,(H,15,16);1-2H3. The van der Waals surface area contributed by atoms with Crippen molar-refractivity contribution in [3.8, 4) is 0 Å². The summed E-state index contributed by atoms with van der Waals surface area (Å²) in [5.74, 6) is 0.411. The van der Waals surface area contributed by atoms with E-state index in [2.05, 4.69) is 4.74 Å². The molecule has 1 amide bonds. The lowest BCUT2D eigenvalue weighted by Crippen LogP contribution is -2.45. The van der Waals surface area contributed by atoms with E-state index in [0.29, 0.717) is 12.3 Å². The topological polar surface area (TPSA) is 38.3 Å². The SMILES string of the molecule is CC.CC(CC1CC1)NC(=O)OC(F)(F)C(F)(F)F. The summed E-state index contributed by atoms with van der Waals surface area (Å²) in [6.45, 7) is 5.52. The molecule has 0 spiro atoms. The highest BCUT2D eigenvalue weighted by atomic mass is 19.4. The maximum Gasteiger partial charge on any atom is 0.502 e. The molecule has 8 heteroatoms. The molecule has 0 radical (unpaired) electrons. The van der Waals surface area contributed by atoms with Crippen LogP contribution >= 0.6 is 0 Å². The van der Waals surface area contributed by atoms with Crippen molar-refractivity contribution in [2.24, 2.45) is 5.92 Å². The van der Waals surface area contributed by atoms with E-state index in [4.69, 9.17) is 0 Å². The van der Waals surface area contributed by atoms with Crippen LogP contribution in [0.1, 0.15) is 40.0 Å². The lowest BCUT2D eigenvalue weighted by atomic mass is 10.2. The van der Waals surface area contributed by atoms with Crippen molar-refractivity contribution in [3.05, 3.63) is 0 Å². The maximum absolute atomic E-state index is 12.3. The van der Waals surface area contributed by atoms with Gasteiger partial charge in [-0.15, -0.1) is 0 Å². The molecule has 0 heterocycles. The van der Waals surface area contributed by atoms with Gasteiger partial charge in [0.25, 0.3) is 0 Å². The second-order valence-electron chi connectivity index (χ2n) is 4.13. The second kappa shape index (κ2) is 6.91. The number of alkyl halides is 5. The Hall–Kier alpha value is -1.08. The number of carbonyl (C=O) groups is 1. The van der Waals surface area contributed by atoms with Crippen molar-refractivity contribution in [2.75, 3.05) is 0 Å². The van der Waals surface area contributed by atoms with Crippen molar-refractivity contribution >= 4 is 6.09 Å². The summed E-state index contributed by atoms with van der Waals surface area (Å²) in [7, 11) is 0. The summed E-state index contributed by atoms with van der Waals surface area (Å²) in [5, 5.41) is 1.94. The van der Waals surface area contributed by atoms with Crippen LogP contribution in [0.25, 0.3) is 0 Å². The molecular weight excluding hydrogens is 273 g/mol. The average molecular weight is 291 g/mol. The van der Waals surface area contributed by atoms with Crippen LogP contribution in [-0.2, 0) is 4.74 Å². The molecule has 0 aromatic carbocycles. The fourth-order valence-corrected chi connectivity index (χ4v) is 1.32. The Balaban J connectivity index is 0.00000154. The number of amides is 1. The first kappa shape index (κ1) is 17.9. The third-order valence-electron chi connectivity index (χ3n) is 2.30. The van der Waals surface area contributed by atoms with E-state index in [0.717, 1.165) is 12.8 Å². The second-order valence-corrected chi connectivity index (χ2v) is 4.13. The zero-order chi connectivity index (χ0) is 15.3. The molecule has 1 rings (SSSR count). The van der Waals surface area contributed by atoms with Crippen molar-refractivity contribution in [3.63, 3.8) is 0 Å². The molecule has 1 aliphatic carbocycles. The molecule has 1 atom stereocenters. The highest BCUT2D eigenvalue weighted by Crippen LogP contribution is 2.36. The van der Waals surface area contributed by atoms with Gasteiger partial charge in [0, 0.05) is 6.04 Å². The van der Waals surface area contributed by atoms with Gasteiger partial charge in [-0.05, 0) is 19.3 Å². The molecule has 19 heavy (non-hydrogen) atoms. The molecule has 114 valence electrons. The van der Waals surface area contributed by atoms with Gasteiger partial charge in [0.1, 0.15) is 0 Å². The number of alkyl carbamates (subject to hydrolysis) is 1. The molecule has 0 saturated heterocycles. The largest absolute Gasteiger partial charge is 0.502 e. The summed E-state index contributed by atoms with van der Waals surface area (Å²) in [5.41, 5.74) is 0. The van der Waals surface area contributed by atoms with E-state index >= 15 is 0 Å². The van der Waals surface area contributed by atoms with Gasteiger partial charge in [-0.3, -0.25) is 0 Å². The molecule has 0 bridgehead atoms. The predicted molar refractivity (Wildman–Crippen MR) is 58.8 cm³/mol. The van der Waals surface area contributed by atoms with Crippen molar-refractivity contribution in [1.29, 1.82) is 0 Å². The molecule has 0 aliphatic heterocycles. The monoisotopic (exact) mass is 291 g/mol. The summed E-state index contributed by atoms with van der Waals surface area (Å²) in [4.78, 5) is 10.8. The molecule has 1 unspecified atom stereocenters. The van der Waals surface area contributed by atoms with Crippen LogP contribution < -0.4 is 5.32 Å². The first-order valence-electron chi connectivity index (χ1n) is 6.06. The van der Waals surface area contributed by atoms with Gasteiger partial charge < -0.3 is 10.1 Å². The summed E-state index contributed by atoms with van der Waals surface area (Å²) >= 11 is 0. The van der Waals surface area contributed by atoms with Crippen LogP contribution in [0.5, 0.6) is 0 Å². The van der Waals surface area contributed by atoms with E-state index in [1.165, 1.54) is 6.92 Å². The summed E-state index contributed by atoms with van der Waals surface area (Å²) in [6, 6.07) is -0.487. The van der Waals surface area contributed by atoms with Crippen LogP contribution in [0.2, 0.25) is 0 Å². The average Bonchev–Trinajstić information content (AvgIpc) is 3.01. The Kier molecular flexibility index (Phi) is 6.51. The fraction of sp³-hybridized carbons (Fsp3) is 0.909. The summed E-state index contributed by atoms with van der Waals surface area (Å²) < 4.78 is 62.8. The fourth-order valence-electron chi connectivity index (χ4n) is 1.32. The number of halogens is 5. The van der Waals surface area contributed by atoms with Crippen LogP contribution in [0.15, 0.2) is 0 Å². The highest BCUT2D eigenvalue weighted by Gasteiger charge is 2.62. The molecule has 0 aromatic heterocycles. The zero-order valence-corrected chi connectivity index (χ0v) is 11.0. The molecule has 3 nitrogen and oxygen atoms in total. The number of hydrogen-bond acceptors (Lipinski definition) is 2. The maximum atomic E-state index is 12.3. The van der Waals surface area contributed by atoms with Gasteiger partial charge in [-0.2, -0.15) is 22.0 Å². The van der Waals surface area contributed by atoms with Crippen molar-refractivity contribution < 1.29 is 31.5 Å². The number of nitrogens with one attached hydrogen (secondary N) is 1. The molecule has 1 fully saturated rings. The Morgan fingerprint density at radius 1 is 1.26 bits per heavy atom. The minimum atomic E-state index is -5.90. The first-order chi connectivity index (χ1) is 8.62. The Bertz CT molecular complexity index is 289. The Morgan fingerprint density at radius 2 is 1.74 bits per heavy atom. The van der Waals surface area contributed by atoms with Crippen molar-refractivity contribution in [2.45, 2.75) is 58.4 Å². The zero-order valence-electron chi connectivity index (χ0n) is 11.0. The minimum absolute atomic E-state index is 0.411. The van der Waals surface area contributed by atoms with Gasteiger partial charge >= 0.3 is 18.4 Å². The number of carbonyl (C=O) groups excluding carboxylic acids is 1. The van der Waals surface area contributed by atoms with Gasteiger partial charge in [0.15, 0.2) is 0 Å². The molecule has 0 aromatic rings. The number of ether oxygens (including phenoxy) is 1. The molecular formula is C11H18F5NO2. The van der Waals surface area contributed by atoms with Crippen LogP contribution in [0.3, 0.4) is 0 Å². The molecule has 1 N–H and O–H groups in total. The predicted octanol–water partition coefficient (Wildman–Crippen LogP) is 4.08. The van der Waals surface area contributed by atoms with Crippen LogP contribution in [0.4, 0.5) is 26.7 Å². The van der Waals surface area contributed by atoms with Gasteiger partial charge in [0.2, 0.25) is 0 Å². The molecule has 1 saturated carbocycles. The Labute approximate surface area is 108 Å². The highest BCUT2D eigenvalue weighted by molar-refractivity contribution is 5.67. The normalized spacial score (nSPS) is 17.1. The van der Waals surface area contributed by atoms with Gasteiger partial charge in [-0.1, -0.05) is 26.7 Å². The minimum Gasteiger partial charge on any atom is -0.377 e. The third kappa shape index (κ3) is 6.58. The van der Waals surface area contributed by atoms with E-state index in [1.54, 1.807) is 0 Å². The summed E-state index contributed by atoms with van der Waals surface area (Å²) in [6.07, 6.45) is -10.6. The van der Waals surface area contributed by atoms with E-state index in [1.807, 2.05) is 19.2 Å². The number of hydrogen-bond donors (Lipinski definition) is 1. The van der Waals surface area contributed by atoms with Crippen LogP contribution in [0, 0.1) is 5.92 Å². The van der Waals surface area contributed by atoms with Crippen molar-refractivity contribution in [1.82, 2.24) is 5.32 Å². The third-order valence-corrected chi connectivity index (χ3v) is 2.30. The van der Waals surface area contributed by atoms with Gasteiger partial charge in [0.05, 0.1) is 0 Å². The lowest BCUT2D eigenvalue weighted by Gasteiger charge is -2.20. The quantitative estimate of drug-likeness (QED) is 0.792.